The molecule has 3 aromatic rings. The molecule has 1 fully saturated rings. The monoisotopic (exact) mass is 349 g/mol. The van der Waals surface area contributed by atoms with Crippen LogP contribution in [0.15, 0.2) is 65.1 Å². The van der Waals surface area contributed by atoms with Gasteiger partial charge in [-0.05, 0) is 17.7 Å². The summed E-state index contributed by atoms with van der Waals surface area (Å²) in [5.41, 5.74) is 1.82. The first kappa shape index (κ1) is 16.4. The van der Waals surface area contributed by atoms with E-state index in [0.29, 0.717) is 18.8 Å². The topological polar surface area (TPSA) is 59.8 Å². The van der Waals surface area contributed by atoms with Crippen molar-refractivity contribution in [3.05, 3.63) is 72.0 Å². The lowest BCUT2D eigenvalue weighted by atomic mass is 10.1. The summed E-state index contributed by atoms with van der Waals surface area (Å²) in [5, 5.41) is 0.976. The summed E-state index contributed by atoms with van der Waals surface area (Å²) in [6.45, 7) is 0.997. The lowest BCUT2D eigenvalue weighted by molar-refractivity contribution is -0.150. The predicted molar refractivity (Wildman–Crippen MR) is 96.0 cm³/mol. The first-order valence-corrected chi connectivity index (χ1v) is 8.65. The Balaban J connectivity index is 1.34. The van der Waals surface area contributed by atoms with Gasteiger partial charge in [0.15, 0.2) is 0 Å². The maximum atomic E-state index is 12.3. The van der Waals surface area contributed by atoms with Crippen molar-refractivity contribution in [1.29, 1.82) is 0 Å². The lowest BCUT2D eigenvalue weighted by Crippen LogP contribution is -2.26. The second-order valence-corrected chi connectivity index (χ2v) is 6.52. The van der Waals surface area contributed by atoms with Crippen LogP contribution >= 0.6 is 0 Å². The van der Waals surface area contributed by atoms with Crippen LogP contribution in [0.2, 0.25) is 0 Å². The molecule has 4 rings (SSSR count). The summed E-state index contributed by atoms with van der Waals surface area (Å²) >= 11 is 0. The fourth-order valence-corrected chi connectivity index (χ4v) is 3.25. The van der Waals surface area contributed by atoms with Crippen molar-refractivity contribution in [3.63, 3.8) is 0 Å². The molecule has 0 bridgehead atoms. The van der Waals surface area contributed by atoms with Gasteiger partial charge in [-0.2, -0.15) is 0 Å². The van der Waals surface area contributed by atoms with Gasteiger partial charge in [0.2, 0.25) is 5.91 Å². The molecule has 1 aromatic heterocycles. The number of hydrogen-bond acceptors (Lipinski definition) is 4. The SMILES string of the molecule is O=C(OCc1cc2ccccc2o1)C1CC(=O)N(Cc2ccccc2)C1. The van der Waals surface area contributed by atoms with E-state index in [0.717, 1.165) is 16.5 Å². The van der Waals surface area contributed by atoms with E-state index in [9.17, 15) is 9.59 Å². The molecule has 1 atom stereocenters. The summed E-state index contributed by atoms with van der Waals surface area (Å²) in [7, 11) is 0. The minimum absolute atomic E-state index is 0.0143. The van der Waals surface area contributed by atoms with Crippen molar-refractivity contribution >= 4 is 22.8 Å². The molecule has 0 spiro atoms. The third-order valence-corrected chi connectivity index (χ3v) is 4.60. The largest absolute Gasteiger partial charge is 0.457 e. The summed E-state index contributed by atoms with van der Waals surface area (Å²) in [4.78, 5) is 26.2. The van der Waals surface area contributed by atoms with Crippen LogP contribution < -0.4 is 0 Å². The molecular weight excluding hydrogens is 330 g/mol. The van der Waals surface area contributed by atoms with E-state index >= 15 is 0 Å². The summed E-state index contributed by atoms with van der Waals surface area (Å²) < 4.78 is 11.0. The van der Waals surface area contributed by atoms with Gasteiger partial charge in [0, 0.05) is 24.9 Å². The van der Waals surface area contributed by atoms with E-state index in [1.165, 1.54) is 0 Å². The molecule has 0 aliphatic carbocycles. The molecule has 2 heterocycles. The highest BCUT2D eigenvalue weighted by molar-refractivity contribution is 5.86. The van der Waals surface area contributed by atoms with Gasteiger partial charge in [-0.15, -0.1) is 0 Å². The fourth-order valence-electron chi connectivity index (χ4n) is 3.25. The highest BCUT2D eigenvalue weighted by atomic mass is 16.5. The number of para-hydroxylation sites is 1. The smallest absolute Gasteiger partial charge is 0.311 e. The second kappa shape index (κ2) is 7.04. The molecule has 1 amide bonds. The molecule has 0 N–H and O–H groups in total. The Morgan fingerprint density at radius 1 is 1.12 bits per heavy atom. The van der Waals surface area contributed by atoms with Gasteiger partial charge < -0.3 is 14.1 Å². The number of nitrogens with zero attached hydrogens (tertiary/aromatic N) is 1. The minimum atomic E-state index is -0.421. The number of amides is 1. The van der Waals surface area contributed by atoms with Crippen LogP contribution in [0, 0.1) is 5.92 Å². The Bertz CT molecular complexity index is 898. The van der Waals surface area contributed by atoms with Gasteiger partial charge in [0.05, 0.1) is 5.92 Å². The molecule has 0 saturated carbocycles. The number of ether oxygens (including phenoxy) is 1. The lowest BCUT2D eigenvalue weighted by Gasteiger charge is -2.16. The molecule has 132 valence electrons. The molecular formula is C21H19NO4. The molecule has 1 unspecified atom stereocenters. The van der Waals surface area contributed by atoms with Crippen LogP contribution in [0.4, 0.5) is 0 Å². The average molecular weight is 349 g/mol. The van der Waals surface area contributed by atoms with Gasteiger partial charge in [-0.1, -0.05) is 48.5 Å². The summed E-state index contributed by atoms with van der Waals surface area (Å²) in [6.07, 6.45) is 0.200. The van der Waals surface area contributed by atoms with Crippen molar-refractivity contribution in [2.75, 3.05) is 6.54 Å². The molecule has 0 radical (unpaired) electrons. The Morgan fingerprint density at radius 2 is 1.88 bits per heavy atom. The van der Waals surface area contributed by atoms with Gasteiger partial charge in [-0.25, -0.2) is 0 Å². The predicted octanol–water partition coefficient (Wildman–Crippen LogP) is 3.52. The standard InChI is InChI=1S/C21H19NO4/c23-20-11-17(13-22(20)12-15-6-2-1-3-7-15)21(24)25-14-18-10-16-8-4-5-9-19(16)26-18/h1-10,17H,11-14H2. The van der Waals surface area contributed by atoms with Crippen LogP contribution in [-0.2, 0) is 27.5 Å². The Morgan fingerprint density at radius 3 is 2.69 bits per heavy atom. The third-order valence-electron chi connectivity index (χ3n) is 4.60. The number of hydrogen-bond donors (Lipinski definition) is 0. The number of esters is 1. The van der Waals surface area contributed by atoms with E-state index in [2.05, 4.69) is 0 Å². The average Bonchev–Trinajstić information content (AvgIpc) is 3.24. The van der Waals surface area contributed by atoms with Crippen molar-refractivity contribution in [2.45, 2.75) is 19.6 Å². The van der Waals surface area contributed by atoms with Gasteiger partial charge in [0.1, 0.15) is 18.0 Å². The zero-order chi connectivity index (χ0) is 17.9. The van der Waals surface area contributed by atoms with E-state index < -0.39 is 5.92 Å². The Kier molecular flexibility index (Phi) is 4.44. The first-order chi connectivity index (χ1) is 12.7. The van der Waals surface area contributed by atoms with Crippen molar-refractivity contribution in [2.24, 2.45) is 5.92 Å². The highest BCUT2D eigenvalue weighted by Gasteiger charge is 2.35. The molecule has 5 nitrogen and oxygen atoms in total. The van der Waals surface area contributed by atoms with Gasteiger partial charge in [-0.3, -0.25) is 9.59 Å². The van der Waals surface area contributed by atoms with Crippen molar-refractivity contribution in [3.8, 4) is 0 Å². The number of furan rings is 1. The minimum Gasteiger partial charge on any atom is -0.457 e. The molecule has 1 aliphatic rings. The van der Waals surface area contributed by atoms with Gasteiger partial charge >= 0.3 is 5.97 Å². The van der Waals surface area contributed by atoms with Crippen LogP contribution in [0.25, 0.3) is 11.0 Å². The van der Waals surface area contributed by atoms with Crippen LogP contribution in [0.3, 0.4) is 0 Å². The fraction of sp³-hybridized carbons (Fsp3) is 0.238. The Labute approximate surface area is 151 Å². The van der Waals surface area contributed by atoms with Crippen LogP contribution in [0.5, 0.6) is 0 Å². The van der Waals surface area contributed by atoms with Crippen LogP contribution in [0.1, 0.15) is 17.7 Å². The van der Waals surface area contributed by atoms with Crippen molar-refractivity contribution < 1.29 is 18.7 Å². The summed E-state index contributed by atoms with van der Waals surface area (Å²) in [5.74, 6) is -0.186. The van der Waals surface area contributed by atoms with E-state index in [1.807, 2.05) is 60.7 Å². The number of rotatable bonds is 5. The molecule has 26 heavy (non-hydrogen) atoms. The maximum absolute atomic E-state index is 12.3. The zero-order valence-corrected chi connectivity index (χ0v) is 14.3. The second-order valence-electron chi connectivity index (χ2n) is 6.52. The number of fused-ring (bicyclic) bond motifs is 1. The van der Waals surface area contributed by atoms with E-state index in [1.54, 1.807) is 4.90 Å². The van der Waals surface area contributed by atoms with E-state index in [-0.39, 0.29) is 24.9 Å². The molecule has 1 aliphatic heterocycles. The molecule has 5 heteroatoms. The number of benzene rings is 2. The number of carbonyl (C=O) groups excluding carboxylic acids is 2. The van der Waals surface area contributed by atoms with Gasteiger partial charge in [0.25, 0.3) is 0 Å². The molecule has 2 aromatic carbocycles. The normalized spacial score (nSPS) is 17.0. The Hall–Kier alpha value is -3.08. The quantitative estimate of drug-likeness (QED) is 0.661. The maximum Gasteiger partial charge on any atom is 0.311 e. The number of likely N-dealkylation sites (tertiary alicyclic amines) is 1. The third kappa shape index (κ3) is 3.47. The van der Waals surface area contributed by atoms with Crippen LogP contribution in [-0.4, -0.2) is 23.3 Å². The number of carbonyl (C=O) groups is 2. The first-order valence-electron chi connectivity index (χ1n) is 8.65. The van der Waals surface area contributed by atoms with Crippen molar-refractivity contribution in [1.82, 2.24) is 4.90 Å². The van der Waals surface area contributed by atoms with E-state index in [4.69, 9.17) is 9.15 Å². The highest BCUT2D eigenvalue weighted by Crippen LogP contribution is 2.23. The summed E-state index contributed by atoms with van der Waals surface area (Å²) in [6, 6.07) is 19.3. The zero-order valence-electron chi connectivity index (χ0n) is 14.3. The molecule has 1 saturated heterocycles.